The summed E-state index contributed by atoms with van der Waals surface area (Å²) in [6, 6.07) is 5.80. The largest absolute Gasteiger partial charge is 0.494 e. The lowest BCUT2D eigenvalue weighted by Gasteiger charge is -2.32. The van der Waals surface area contributed by atoms with Gasteiger partial charge >= 0.3 is 7.12 Å². The predicted octanol–water partition coefficient (Wildman–Crippen LogP) is 2.76. The van der Waals surface area contributed by atoms with Gasteiger partial charge < -0.3 is 23.2 Å². The Morgan fingerprint density at radius 1 is 1.00 bits per heavy atom. The van der Waals surface area contributed by atoms with E-state index in [9.17, 15) is 0 Å². The minimum Gasteiger partial charge on any atom is -0.493 e. The van der Waals surface area contributed by atoms with Crippen molar-refractivity contribution in [2.24, 2.45) is 0 Å². The van der Waals surface area contributed by atoms with E-state index in [1.807, 2.05) is 45.9 Å². The van der Waals surface area contributed by atoms with Crippen LogP contribution >= 0.6 is 0 Å². The van der Waals surface area contributed by atoms with Crippen LogP contribution in [-0.2, 0) is 13.7 Å². The fourth-order valence-electron chi connectivity index (χ4n) is 2.49. The third-order valence-electron chi connectivity index (χ3n) is 4.71. The molecule has 1 aromatic rings. The average Bonchev–Trinajstić information content (AvgIpc) is 2.74. The van der Waals surface area contributed by atoms with Gasteiger partial charge in [0.15, 0.2) is 20.5 Å². The molecule has 2 rings (SSSR count). The summed E-state index contributed by atoms with van der Waals surface area (Å²) in [5.41, 5.74) is 0.202. The molecule has 0 amide bonds. The first kappa shape index (κ1) is 20.3. The summed E-state index contributed by atoms with van der Waals surface area (Å²) in [5.74, 6) is 1.41. The van der Waals surface area contributed by atoms with Crippen molar-refractivity contribution in [3.63, 3.8) is 0 Å². The number of hydrogen-bond acceptors (Lipinski definition) is 5. The molecular weight excluding hydrogens is 335 g/mol. The Bertz CT molecular complexity index is 561. The van der Waals surface area contributed by atoms with Crippen molar-refractivity contribution < 1.29 is 23.2 Å². The molecule has 0 radical (unpaired) electrons. The van der Waals surface area contributed by atoms with E-state index in [0.29, 0.717) is 18.1 Å². The second-order valence-corrected chi connectivity index (χ2v) is 10.1. The van der Waals surface area contributed by atoms with Gasteiger partial charge in [-0.25, -0.2) is 0 Å². The predicted molar refractivity (Wildman–Crippen MR) is 104 cm³/mol. The van der Waals surface area contributed by atoms with E-state index < -0.39 is 16.2 Å². The van der Waals surface area contributed by atoms with Gasteiger partial charge in [-0.05, 0) is 58.4 Å². The van der Waals surface area contributed by atoms with E-state index >= 15 is 0 Å². The molecule has 5 nitrogen and oxygen atoms in total. The van der Waals surface area contributed by atoms with Crippen molar-refractivity contribution in [1.29, 1.82) is 0 Å². The average molecular weight is 366 g/mol. The topological polar surface area (TPSA) is 46.2 Å². The lowest BCUT2D eigenvalue weighted by atomic mass is 9.79. The number of methoxy groups -OCH3 is 1. The van der Waals surface area contributed by atoms with Crippen LogP contribution in [0.25, 0.3) is 0 Å². The second kappa shape index (κ2) is 8.12. The van der Waals surface area contributed by atoms with Gasteiger partial charge in [0.25, 0.3) is 0 Å². The summed E-state index contributed by atoms with van der Waals surface area (Å²) in [7, 11) is 0.269. The number of rotatable bonds is 8. The molecule has 0 spiro atoms. The Morgan fingerprint density at radius 3 is 2.20 bits per heavy atom. The van der Waals surface area contributed by atoms with Crippen molar-refractivity contribution in [2.75, 3.05) is 20.3 Å². The van der Waals surface area contributed by atoms with Crippen LogP contribution in [0, 0.1) is 0 Å². The van der Waals surface area contributed by atoms with Crippen LogP contribution in [0.5, 0.6) is 11.5 Å². The van der Waals surface area contributed by atoms with Crippen LogP contribution in [0.4, 0.5) is 0 Å². The van der Waals surface area contributed by atoms with Crippen molar-refractivity contribution in [3.8, 4) is 11.5 Å². The van der Waals surface area contributed by atoms with Gasteiger partial charge in [-0.15, -0.1) is 0 Å². The number of benzene rings is 1. The van der Waals surface area contributed by atoms with Crippen molar-refractivity contribution in [3.05, 3.63) is 18.2 Å². The van der Waals surface area contributed by atoms with Gasteiger partial charge in [0.2, 0.25) is 0 Å². The molecule has 1 heterocycles. The quantitative estimate of drug-likeness (QED) is 0.523. The highest BCUT2D eigenvalue weighted by Crippen LogP contribution is 2.37. The van der Waals surface area contributed by atoms with Crippen LogP contribution in [0.1, 0.15) is 34.1 Å². The van der Waals surface area contributed by atoms with Crippen molar-refractivity contribution >= 4 is 21.6 Å². The Kier molecular flexibility index (Phi) is 6.59. The zero-order chi connectivity index (χ0) is 18.7. The molecule has 140 valence electrons. The second-order valence-electron chi connectivity index (χ2n) is 7.62. The molecule has 0 aliphatic carbocycles. The summed E-state index contributed by atoms with van der Waals surface area (Å²) in [5, 5.41) is 0. The zero-order valence-corrected chi connectivity index (χ0v) is 17.7. The van der Waals surface area contributed by atoms with E-state index in [-0.39, 0.29) is 11.2 Å². The molecule has 1 aliphatic rings. The molecule has 1 aliphatic heterocycles. The summed E-state index contributed by atoms with van der Waals surface area (Å²) in [4.78, 5) is 0. The van der Waals surface area contributed by atoms with Crippen LogP contribution in [0.3, 0.4) is 0 Å². The SMILES string of the molecule is COc1ccc(B2OC(C)(C)C(C)(C)O2)cc1OCCCO[SiH](C)C. The molecule has 0 N–H and O–H groups in total. The Balaban J connectivity index is 2.04. The van der Waals surface area contributed by atoms with Gasteiger partial charge in [0.05, 0.1) is 24.9 Å². The molecule has 1 aromatic carbocycles. The van der Waals surface area contributed by atoms with E-state index in [0.717, 1.165) is 18.5 Å². The van der Waals surface area contributed by atoms with E-state index in [4.69, 9.17) is 23.2 Å². The highest BCUT2D eigenvalue weighted by atomic mass is 28.3. The smallest absolute Gasteiger partial charge is 0.493 e. The van der Waals surface area contributed by atoms with Crippen LogP contribution in [0.15, 0.2) is 18.2 Å². The van der Waals surface area contributed by atoms with Gasteiger partial charge in [0, 0.05) is 13.0 Å². The maximum absolute atomic E-state index is 6.11. The lowest BCUT2D eigenvalue weighted by Crippen LogP contribution is -2.41. The summed E-state index contributed by atoms with van der Waals surface area (Å²) in [6.07, 6.45) is 0.856. The maximum atomic E-state index is 6.11. The summed E-state index contributed by atoms with van der Waals surface area (Å²) >= 11 is 0. The van der Waals surface area contributed by atoms with Gasteiger partial charge in [-0.2, -0.15) is 0 Å². The van der Waals surface area contributed by atoms with Crippen molar-refractivity contribution in [2.45, 2.75) is 58.4 Å². The highest BCUT2D eigenvalue weighted by molar-refractivity contribution is 6.62. The Labute approximate surface area is 153 Å². The third kappa shape index (κ3) is 5.00. The molecule has 0 atom stereocenters. The monoisotopic (exact) mass is 366 g/mol. The first-order valence-corrected chi connectivity index (χ1v) is 11.7. The summed E-state index contributed by atoms with van der Waals surface area (Å²) < 4.78 is 29.2. The molecular formula is C18H31BO5Si. The van der Waals surface area contributed by atoms with Crippen LogP contribution in [0.2, 0.25) is 13.1 Å². The van der Waals surface area contributed by atoms with Gasteiger partial charge in [-0.1, -0.05) is 6.07 Å². The lowest BCUT2D eigenvalue weighted by molar-refractivity contribution is 0.00578. The molecule has 0 unspecified atom stereocenters. The van der Waals surface area contributed by atoms with E-state index in [1.165, 1.54) is 0 Å². The number of ether oxygens (including phenoxy) is 2. The van der Waals surface area contributed by atoms with Gasteiger partial charge in [0.1, 0.15) is 0 Å². The minimum absolute atomic E-state index is 0.364. The molecule has 0 aromatic heterocycles. The molecule has 1 saturated heterocycles. The Morgan fingerprint density at radius 2 is 1.64 bits per heavy atom. The van der Waals surface area contributed by atoms with Gasteiger partial charge in [-0.3, -0.25) is 0 Å². The normalized spacial score (nSPS) is 18.6. The van der Waals surface area contributed by atoms with Crippen LogP contribution < -0.4 is 14.9 Å². The molecule has 0 bridgehead atoms. The first-order chi connectivity index (χ1) is 11.7. The van der Waals surface area contributed by atoms with Crippen LogP contribution in [-0.4, -0.2) is 47.7 Å². The minimum atomic E-state index is -0.965. The third-order valence-corrected chi connectivity index (χ3v) is 5.61. The molecule has 1 fully saturated rings. The van der Waals surface area contributed by atoms with E-state index in [1.54, 1.807) is 7.11 Å². The maximum Gasteiger partial charge on any atom is 0.494 e. The standard InChI is InChI=1S/C18H31BO5Si/c1-17(2)18(3,4)24-19(23-17)14-9-10-15(20-5)16(13-14)21-11-8-12-22-25(6)7/h9-10,13,25H,8,11-12H2,1-7H3. The Hall–Kier alpha value is -1.02. The zero-order valence-electron chi connectivity index (χ0n) is 16.5. The first-order valence-electron chi connectivity index (χ1n) is 8.94. The fourth-order valence-corrected chi connectivity index (χ4v) is 3.13. The fraction of sp³-hybridized carbons (Fsp3) is 0.667. The van der Waals surface area contributed by atoms with Crippen molar-refractivity contribution in [1.82, 2.24) is 0 Å². The molecule has 7 heteroatoms. The molecule has 25 heavy (non-hydrogen) atoms. The summed E-state index contributed by atoms with van der Waals surface area (Å²) in [6.45, 7) is 13.8. The highest BCUT2D eigenvalue weighted by Gasteiger charge is 2.51. The van der Waals surface area contributed by atoms with E-state index in [2.05, 4.69) is 13.1 Å². The molecule has 0 saturated carbocycles. The number of hydrogen-bond donors (Lipinski definition) is 0.